The van der Waals surface area contributed by atoms with Crippen LogP contribution in [0.5, 0.6) is 0 Å². The number of benzene rings is 1. The molecule has 7 nitrogen and oxygen atoms in total. The van der Waals surface area contributed by atoms with E-state index in [4.69, 9.17) is 13.7 Å². The lowest BCUT2D eigenvalue weighted by Gasteiger charge is -2.32. The van der Waals surface area contributed by atoms with Crippen LogP contribution in [0.3, 0.4) is 0 Å². The maximum Gasteiger partial charge on any atom is 0.482 e. The third-order valence-corrected chi connectivity index (χ3v) is 5.85. The van der Waals surface area contributed by atoms with E-state index in [0.717, 1.165) is 22.2 Å². The SMILES string of the molecule is CC1(C)OB([C@H](Cc2coc3ccccc23)NC(=O)Cc2cnc[nH]2)OC1(C)C. The molecule has 3 heterocycles. The van der Waals surface area contributed by atoms with Crippen molar-refractivity contribution in [2.24, 2.45) is 0 Å². The second kappa shape index (κ2) is 7.35. The zero-order valence-electron chi connectivity index (χ0n) is 17.2. The van der Waals surface area contributed by atoms with Gasteiger partial charge in [0, 0.05) is 17.3 Å². The summed E-state index contributed by atoms with van der Waals surface area (Å²) in [5.41, 5.74) is 1.61. The van der Waals surface area contributed by atoms with Gasteiger partial charge in [-0.2, -0.15) is 0 Å². The molecular formula is C21H26BN3O4. The van der Waals surface area contributed by atoms with Crippen molar-refractivity contribution in [3.8, 4) is 0 Å². The van der Waals surface area contributed by atoms with Crippen LogP contribution in [0, 0.1) is 0 Å². The van der Waals surface area contributed by atoms with Crippen LogP contribution in [0.15, 0.2) is 47.5 Å². The summed E-state index contributed by atoms with van der Waals surface area (Å²) in [5, 5.41) is 4.12. The summed E-state index contributed by atoms with van der Waals surface area (Å²) in [7, 11) is -0.570. The van der Waals surface area contributed by atoms with Gasteiger partial charge in [-0.05, 0) is 45.7 Å². The first-order chi connectivity index (χ1) is 13.7. The number of nitrogens with zero attached hydrogens (tertiary/aromatic N) is 1. The van der Waals surface area contributed by atoms with Crippen LogP contribution >= 0.6 is 0 Å². The lowest BCUT2D eigenvalue weighted by molar-refractivity contribution is -0.120. The molecule has 0 bridgehead atoms. The van der Waals surface area contributed by atoms with E-state index in [2.05, 4.69) is 15.3 Å². The van der Waals surface area contributed by atoms with E-state index in [0.29, 0.717) is 6.42 Å². The molecule has 1 atom stereocenters. The number of hydrogen-bond acceptors (Lipinski definition) is 5. The first-order valence-corrected chi connectivity index (χ1v) is 9.82. The Labute approximate surface area is 170 Å². The van der Waals surface area contributed by atoms with Gasteiger partial charge in [-0.25, -0.2) is 4.98 Å². The number of nitrogens with one attached hydrogen (secondary N) is 2. The van der Waals surface area contributed by atoms with Crippen LogP contribution in [0.1, 0.15) is 39.0 Å². The number of H-pyrrole nitrogens is 1. The minimum absolute atomic E-state index is 0.123. The van der Waals surface area contributed by atoms with Gasteiger partial charge in [0.1, 0.15) is 5.58 Å². The molecule has 0 spiro atoms. The highest BCUT2D eigenvalue weighted by Crippen LogP contribution is 2.38. The van der Waals surface area contributed by atoms with Gasteiger partial charge in [0.15, 0.2) is 0 Å². The van der Waals surface area contributed by atoms with Crippen LogP contribution in [0.2, 0.25) is 0 Å². The maximum atomic E-state index is 12.7. The fourth-order valence-electron chi connectivity index (χ4n) is 3.51. The maximum absolute atomic E-state index is 12.7. The van der Waals surface area contributed by atoms with Gasteiger partial charge in [0.25, 0.3) is 0 Å². The highest BCUT2D eigenvalue weighted by molar-refractivity contribution is 6.48. The Kier molecular flexibility index (Phi) is 5.00. The van der Waals surface area contributed by atoms with E-state index in [-0.39, 0.29) is 18.3 Å². The summed E-state index contributed by atoms with van der Waals surface area (Å²) < 4.78 is 18.1. The van der Waals surface area contributed by atoms with Crippen molar-refractivity contribution < 1.29 is 18.5 Å². The normalized spacial score (nSPS) is 18.8. The van der Waals surface area contributed by atoms with Crippen molar-refractivity contribution in [1.82, 2.24) is 15.3 Å². The molecule has 1 saturated heterocycles. The highest BCUT2D eigenvalue weighted by atomic mass is 16.7. The monoisotopic (exact) mass is 395 g/mol. The fraction of sp³-hybridized carbons (Fsp3) is 0.429. The number of aromatic nitrogens is 2. The summed E-state index contributed by atoms with van der Waals surface area (Å²) in [5.74, 6) is -0.491. The first kappa shape index (κ1) is 19.7. The van der Waals surface area contributed by atoms with Gasteiger partial charge in [-0.3, -0.25) is 4.79 Å². The second-order valence-electron chi connectivity index (χ2n) is 8.51. The molecule has 1 aliphatic heterocycles. The quantitative estimate of drug-likeness (QED) is 0.627. The van der Waals surface area contributed by atoms with E-state index in [1.165, 1.54) is 0 Å². The Morgan fingerprint density at radius 3 is 2.62 bits per heavy atom. The smallest absolute Gasteiger partial charge is 0.464 e. The van der Waals surface area contributed by atoms with Crippen LogP contribution in [0.4, 0.5) is 0 Å². The molecule has 8 heteroatoms. The first-order valence-electron chi connectivity index (χ1n) is 9.82. The molecule has 0 saturated carbocycles. The molecule has 2 aromatic heterocycles. The Hall–Kier alpha value is -2.58. The Balaban J connectivity index is 1.57. The van der Waals surface area contributed by atoms with Crippen LogP contribution in [-0.4, -0.2) is 40.1 Å². The van der Waals surface area contributed by atoms with Crippen molar-refractivity contribution in [3.05, 3.63) is 54.3 Å². The van der Waals surface area contributed by atoms with Gasteiger partial charge >= 0.3 is 7.12 Å². The zero-order chi connectivity index (χ0) is 20.6. The Morgan fingerprint density at radius 1 is 1.21 bits per heavy atom. The van der Waals surface area contributed by atoms with Crippen LogP contribution < -0.4 is 5.32 Å². The largest absolute Gasteiger partial charge is 0.482 e. The summed E-state index contributed by atoms with van der Waals surface area (Å²) in [4.78, 5) is 19.6. The number of carbonyl (C=O) groups excluding carboxylic acids is 1. The Morgan fingerprint density at radius 2 is 1.93 bits per heavy atom. The van der Waals surface area contributed by atoms with E-state index in [9.17, 15) is 4.79 Å². The van der Waals surface area contributed by atoms with E-state index in [1.807, 2.05) is 52.0 Å². The molecule has 1 aromatic carbocycles. The number of imidazole rings is 1. The molecule has 0 unspecified atom stereocenters. The second-order valence-corrected chi connectivity index (χ2v) is 8.51. The number of carbonyl (C=O) groups is 1. The van der Waals surface area contributed by atoms with Crippen molar-refractivity contribution in [2.75, 3.05) is 0 Å². The molecule has 1 aliphatic rings. The van der Waals surface area contributed by atoms with Crippen LogP contribution in [0.25, 0.3) is 11.0 Å². The lowest BCUT2D eigenvalue weighted by atomic mass is 9.74. The standard InChI is InChI=1S/C21H26BN3O4/c1-20(2)21(3,4)29-22(28-20)18(25-19(26)10-15-11-23-13-24-15)9-14-12-27-17-8-6-5-7-16(14)17/h5-8,11-13,18H,9-10H2,1-4H3,(H,23,24)(H,25,26)/t18-/m0/s1. The molecule has 1 amide bonds. The summed E-state index contributed by atoms with van der Waals surface area (Å²) in [6.07, 6.45) is 5.69. The van der Waals surface area contributed by atoms with Crippen molar-refractivity contribution >= 4 is 24.0 Å². The van der Waals surface area contributed by atoms with Crippen molar-refractivity contribution in [3.63, 3.8) is 0 Å². The average molecular weight is 395 g/mol. The molecular weight excluding hydrogens is 369 g/mol. The summed E-state index contributed by atoms with van der Waals surface area (Å²) in [6, 6.07) is 7.86. The van der Waals surface area contributed by atoms with Gasteiger partial charge in [0.05, 0.1) is 36.2 Å². The average Bonchev–Trinajstić information content (AvgIpc) is 3.34. The highest BCUT2D eigenvalue weighted by Gasteiger charge is 2.54. The molecule has 1 fully saturated rings. The summed E-state index contributed by atoms with van der Waals surface area (Å²) >= 11 is 0. The third-order valence-electron chi connectivity index (χ3n) is 5.85. The predicted octanol–water partition coefficient (Wildman–Crippen LogP) is 3.06. The van der Waals surface area contributed by atoms with Gasteiger partial charge in [-0.1, -0.05) is 18.2 Å². The number of hydrogen-bond donors (Lipinski definition) is 2. The molecule has 2 N–H and O–H groups in total. The predicted molar refractivity (Wildman–Crippen MR) is 110 cm³/mol. The molecule has 0 radical (unpaired) electrons. The number of para-hydroxylation sites is 1. The van der Waals surface area contributed by atoms with Gasteiger partial charge in [0.2, 0.25) is 5.91 Å². The van der Waals surface area contributed by atoms with E-state index >= 15 is 0 Å². The number of rotatable bonds is 6. The van der Waals surface area contributed by atoms with Crippen LogP contribution in [-0.2, 0) is 26.9 Å². The zero-order valence-corrected chi connectivity index (χ0v) is 17.2. The van der Waals surface area contributed by atoms with Crippen molar-refractivity contribution in [1.29, 1.82) is 0 Å². The van der Waals surface area contributed by atoms with Gasteiger partial charge < -0.3 is 24.0 Å². The number of furan rings is 1. The topological polar surface area (TPSA) is 89.4 Å². The van der Waals surface area contributed by atoms with Gasteiger partial charge in [-0.15, -0.1) is 0 Å². The fourth-order valence-corrected chi connectivity index (χ4v) is 3.51. The minimum atomic E-state index is -0.570. The molecule has 4 rings (SSSR count). The van der Waals surface area contributed by atoms with E-state index in [1.54, 1.807) is 18.8 Å². The van der Waals surface area contributed by atoms with E-state index < -0.39 is 18.3 Å². The molecule has 29 heavy (non-hydrogen) atoms. The molecule has 0 aliphatic carbocycles. The summed E-state index contributed by atoms with van der Waals surface area (Å²) in [6.45, 7) is 8.01. The number of aromatic amines is 1. The van der Waals surface area contributed by atoms with Crippen molar-refractivity contribution in [2.45, 2.75) is 57.7 Å². The number of fused-ring (bicyclic) bond motifs is 1. The lowest BCUT2D eigenvalue weighted by Crippen LogP contribution is -2.49. The number of amides is 1. The Bertz CT molecular complexity index is 980. The third kappa shape index (κ3) is 3.95. The molecule has 152 valence electrons. The molecule has 3 aromatic rings. The minimum Gasteiger partial charge on any atom is -0.464 e.